The maximum Gasteiger partial charge on any atom is 0.312 e. The molecule has 1 N–H and O–H groups in total. The van der Waals surface area contributed by atoms with Gasteiger partial charge in [0.2, 0.25) is 5.91 Å². The van der Waals surface area contributed by atoms with E-state index in [2.05, 4.69) is 15.6 Å². The summed E-state index contributed by atoms with van der Waals surface area (Å²) in [7, 11) is 0. The first-order chi connectivity index (χ1) is 10.3. The third kappa shape index (κ3) is 2.83. The van der Waals surface area contributed by atoms with Crippen LogP contribution in [0.15, 0.2) is 10.6 Å². The Bertz CT molecular complexity index is 718. The lowest BCUT2D eigenvalue weighted by molar-refractivity contribution is -0.386. The second kappa shape index (κ2) is 5.96. The quantitative estimate of drug-likeness (QED) is 0.669. The van der Waals surface area contributed by atoms with Crippen LogP contribution in [-0.4, -0.2) is 25.8 Å². The molecule has 9 heteroatoms. The van der Waals surface area contributed by atoms with E-state index in [1.54, 1.807) is 33.8 Å². The summed E-state index contributed by atoms with van der Waals surface area (Å²) in [6, 6.07) is 0.929. The van der Waals surface area contributed by atoms with Gasteiger partial charge >= 0.3 is 5.69 Å². The Kier molecular flexibility index (Phi) is 4.25. The lowest BCUT2D eigenvalue weighted by atomic mass is 10.2. The zero-order valence-electron chi connectivity index (χ0n) is 12.8. The molecule has 1 amide bonds. The highest BCUT2D eigenvalue weighted by Gasteiger charge is 2.29. The van der Waals surface area contributed by atoms with Gasteiger partial charge in [0.15, 0.2) is 5.82 Å². The second-order valence-electron chi connectivity index (χ2n) is 4.96. The minimum absolute atomic E-state index is 0.0662. The molecule has 0 aliphatic rings. The molecule has 2 heterocycles. The lowest BCUT2D eigenvalue weighted by Crippen LogP contribution is -2.27. The van der Waals surface area contributed by atoms with E-state index in [0.717, 1.165) is 0 Å². The predicted octanol–water partition coefficient (Wildman–Crippen LogP) is 2.29. The second-order valence-corrected chi connectivity index (χ2v) is 4.96. The molecule has 0 fully saturated rings. The minimum Gasteiger partial charge on any atom is -0.360 e. The van der Waals surface area contributed by atoms with Crippen LogP contribution < -0.4 is 5.32 Å². The van der Waals surface area contributed by atoms with Crippen LogP contribution in [0, 0.1) is 30.9 Å². The predicted molar refractivity (Wildman–Crippen MR) is 77.6 cm³/mol. The summed E-state index contributed by atoms with van der Waals surface area (Å²) in [5.74, 6) is 0.526. The zero-order chi connectivity index (χ0) is 16.4. The van der Waals surface area contributed by atoms with Gasteiger partial charge in [-0.05, 0) is 27.2 Å². The number of anilines is 1. The summed E-state index contributed by atoms with van der Waals surface area (Å²) < 4.78 is 6.27. The largest absolute Gasteiger partial charge is 0.360 e. The lowest BCUT2D eigenvalue weighted by Gasteiger charge is -2.15. The third-order valence-electron chi connectivity index (χ3n) is 3.33. The van der Waals surface area contributed by atoms with Crippen LogP contribution in [0.4, 0.5) is 11.5 Å². The molecule has 118 valence electrons. The average Bonchev–Trinajstić information content (AvgIpc) is 2.95. The molecule has 0 bridgehead atoms. The highest BCUT2D eigenvalue weighted by Crippen LogP contribution is 2.26. The van der Waals surface area contributed by atoms with Crippen molar-refractivity contribution in [1.29, 1.82) is 0 Å². The molecule has 0 spiro atoms. The van der Waals surface area contributed by atoms with E-state index in [0.29, 0.717) is 23.7 Å². The first-order valence-electron chi connectivity index (χ1n) is 6.79. The van der Waals surface area contributed by atoms with Crippen molar-refractivity contribution in [2.24, 2.45) is 0 Å². The molecule has 2 aromatic heterocycles. The highest BCUT2D eigenvalue weighted by molar-refractivity contribution is 5.92. The highest BCUT2D eigenvalue weighted by atomic mass is 16.6. The molecule has 0 aliphatic heterocycles. The van der Waals surface area contributed by atoms with Crippen molar-refractivity contribution in [2.45, 2.75) is 40.2 Å². The maximum absolute atomic E-state index is 12.4. The summed E-state index contributed by atoms with van der Waals surface area (Å²) in [5, 5.41) is 21.5. The Morgan fingerprint density at radius 2 is 2.18 bits per heavy atom. The van der Waals surface area contributed by atoms with Gasteiger partial charge in [0.05, 0.1) is 4.92 Å². The van der Waals surface area contributed by atoms with Crippen LogP contribution in [0.1, 0.15) is 36.5 Å². The molecule has 0 radical (unpaired) electrons. The van der Waals surface area contributed by atoms with E-state index in [4.69, 9.17) is 4.52 Å². The molecular weight excluding hydrogens is 290 g/mol. The summed E-state index contributed by atoms with van der Waals surface area (Å²) >= 11 is 0. The van der Waals surface area contributed by atoms with Gasteiger partial charge in [0.1, 0.15) is 23.2 Å². The first kappa shape index (κ1) is 15.7. The number of rotatable bonds is 5. The number of hydrogen-bond donors (Lipinski definition) is 1. The van der Waals surface area contributed by atoms with Crippen molar-refractivity contribution in [2.75, 3.05) is 5.32 Å². The number of aryl methyl sites for hydroxylation is 2. The normalized spacial score (nSPS) is 12.2. The van der Waals surface area contributed by atoms with E-state index in [1.807, 2.05) is 0 Å². The van der Waals surface area contributed by atoms with Crippen LogP contribution >= 0.6 is 0 Å². The van der Waals surface area contributed by atoms with Crippen molar-refractivity contribution in [3.8, 4) is 0 Å². The van der Waals surface area contributed by atoms with E-state index in [1.165, 1.54) is 4.68 Å². The van der Waals surface area contributed by atoms with Gasteiger partial charge in [-0.3, -0.25) is 14.9 Å². The molecule has 2 rings (SSSR count). The van der Waals surface area contributed by atoms with Gasteiger partial charge in [-0.25, -0.2) is 4.68 Å². The Balaban J connectivity index is 2.30. The number of aromatic nitrogens is 3. The van der Waals surface area contributed by atoms with Crippen LogP contribution in [0.2, 0.25) is 0 Å². The van der Waals surface area contributed by atoms with Crippen molar-refractivity contribution in [1.82, 2.24) is 14.9 Å². The van der Waals surface area contributed by atoms with E-state index >= 15 is 0 Å². The van der Waals surface area contributed by atoms with Gasteiger partial charge in [0.25, 0.3) is 0 Å². The van der Waals surface area contributed by atoms with Crippen LogP contribution in [-0.2, 0) is 4.79 Å². The number of carbonyl (C=O) groups is 1. The molecule has 1 unspecified atom stereocenters. The molecule has 1 atom stereocenters. The van der Waals surface area contributed by atoms with Crippen molar-refractivity contribution in [3.05, 3.63) is 33.3 Å². The minimum atomic E-state index is -0.663. The molecule has 0 saturated carbocycles. The molecule has 2 aromatic rings. The fourth-order valence-corrected chi connectivity index (χ4v) is 2.33. The zero-order valence-corrected chi connectivity index (χ0v) is 12.8. The fourth-order valence-electron chi connectivity index (χ4n) is 2.33. The number of nitrogens with one attached hydrogen (secondary N) is 1. The smallest absolute Gasteiger partial charge is 0.312 e. The van der Waals surface area contributed by atoms with E-state index < -0.39 is 11.0 Å². The van der Waals surface area contributed by atoms with Crippen molar-refractivity contribution >= 4 is 17.4 Å². The maximum atomic E-state index is 12.4. The topological polar surface area (TPSA) is 116 Å². The van der Waals surface area contributed by atoms with Crippen LogP contribution in [0.3, 0.4) is 0 Å². The van der Waals surface area contributed by atoms with Crippen molar-refractivity contribution in [3.63, 3.8) is 0 Å². The molecule has 0 aliphatic carbocycles. The fraction of sp³-hybridized carbons (Fsp3) is 0.462. The monoisotopic (exact) mass is 307 g/mol. The Morgan fingerprint density at radius 1 is 1.50 bits per heavy atom. The summed E-state index contributed by atoms with van der Waals surface area (Å²) in [5.41, 5.74) is 0.565. The Labute approximate surface area is 126 Å². The van der Waals surface area contributed by atoms with Gasteiger partial charge in [-0.2, -0.15) is 5.10 Å². The summed E-state index contributed by atoms with van der Waals surface area (Å²) in [6.45, 7) is 6.65. The van der Waals surface area contributed by atoms with Gasteiger partial charge in [-0.15, -0.1) is 0 Å². The third-order valence-corrected chi connectivity index (χ3v) is 3.33. The average molecular weight is 307 g/mol. The van der Waals surface area contributed by atoms with E-state index in [-0.39, 0.29) is 17.3 Å². The molecule has 9 nitrogen and oxygen atoms in total. The number of nitro groups is 1. The van der Waals surface area contributed by atoms with Crippen LogP contribution in [0.5, 0.6) is 0 Å². The number of amides is 1. The van der Waals surface area contributed by atoms with E-state index in [9.17, 15) is 14.9 Å². The number of nitrogens with zero attached hydrogens (tertiary/aromatic N) is 4. The van der Waals surface area contributed by atoms with Crippen LogP contribution in [0.25, 0.3) is 0 Å². The summed E-state index contributed by atoms with van der Waals surface area (Å²) in [4.78, 5) is 22.9. The number of carbonyl (C=O) groups excluding carboxylic acids is 1. The Morgan fingerprint density at radius 3 is 2.64 bits per heavy atom. The first-order valence-corrected chi connectivity index (χ1v) is 6.79. The number of hydrogen-bond acceptors (Lipinski definition) is 6. The SMILES string of the molecule is CCC(C(=O)Nc1cc(C)on1)n1nc(C)c([N+](=O)[O-])c1C. The van der Waals surface area contributed by atoms with Gasteiger partial charge in [-0.1, -0.05) is 12.1 Å². The molecule has 0 aromatic carbocycles. The molecule has 0 saturated heterocycles. The Hall–Kier alpha value is -2.71. The van der Waals surface area contributed by atoms with Gasteiger partial charge < -0.3 is 9.84 Å². The standard InChI is InChI=1S/C13H17N5O4/c1-5-10(13(19)14-11-6-7(2)22-16-11)17-9(4)12(18(20)21)8(3)15-17/h6,10H,5H2,1-4H3,(H,14,16,19). The molecule has 22 heavy (non-hydrogen) atoms. The van der Waals surface area contributed by atoms with Gasteiger partial charge in [0, 0.05) is 6.07 Å². The summed E-state index contributed by atoms with van der Waals surface area (Å²) in [6.07, 6.45) is 0.432. The molecular formula is C13H17N5O4. The van der Waals surface area contributed by atoms with Crippen molar-refractivity contribution < 1.29 is 14.2 Å².